The van der Waals surface area contributed by atoms with Crippen molar-refractivity contribution in [3.05, 3.63) is 54.4 Å². The summed E-state index contributed by atoms with van der Waals surface area (Å²) in [6, 6.07) is 13.8. The molecule has 2 N–H and O–H groups in total. The third-order valence-corrected chi connectivity index (χ3v) is 5.28. The van der Waals surface area contributed by atoms with Crippen LogP contribution in [0.25, 0.3) is 0 Å². The highest BCUT2D eigenvalue weighted by atomic mass is 16.5. The Morgan fingerprint density at radius 3 is 2.52 bits per heavy atom. The maximum atomic E-state index is 12.9. The van der Waals surface area contributed by atoms with E-state index >= 15 is 0 Å². The quantitative estimate of drug-likeness (QED) is 0.850. The molecule has 0 radical (unpaired) electrons. The number of pyridine rings is 1. The molecule has 0 spiro atoms. The van der Waals surface area contributed by atoms with E-state index in [4.69, 9.17) is 4.74 Å². The van der Waals surface area contributed by atoms with Crippen LogP contribution in [0.5, 0.6) is 5.75 Å². The fourth-order valence-electron chi connectivity index (χ4n) is 3.69. The number of rotatable bonds is 4. The number of hydrogen-bond donors (Lipinski definition) is 2. The maximum Gasteiger partial charge on any atom is 0.241 e. The van der Waals surface area contributed by atoms with E-state index in [2.05, 4.69) is 32.9 Å². The predicted octanol–water partition coefficient (Wildman–Crippen LogP) is 1.35. The van der Waals surface area contributed by atoms with Crippen molar-refractivity contribution < 1.29 is 9.53 Å². The largest absolute Gasteiger partial charge is 0.497 e. The highest BCUT2D eigenvalue weighted by Crippen LogP contribution is 2.23. The van der Waals surface area contributed by atoms with Crippen LogP contribution in [0.4, 0.5) is 5.69 Å². The van der Waals surface area contributed by atoms with Crippen LogP contribution in [0, 0.1) is 0 Å². The molecule has 1 aromatic carbocycles. The zero-order chi connectivity index (χ0) is 18.6. The minimum absolute atomic E-state index is 0.0701. The van der Waals surface area contributed by atoms with Crippen LogP contribution in [0.1, 0.15) is 18.2 Å². The van der Waals surface area contributed by atoms with E-state index in [-0.39, 0.29) is 18.0 Å². The topological polar surface area (TPSA) is 69.7 Å². The second kappa shape index (κ2) is 7.94. The van der Waals surface area contributed by atoms with Gasteiger partial charge in [0, 0.05) is 38.1 Å². The Balaban J connectivity index is 1.31. The van der Waals surface area contributed by atoms with Crippen molar-refractivity contribution in [3.63, 3.8) is 0 Å². The van der Waals surface area contributed by atoms with Crippen LogP contribution >= 0.6 is 0 Å². The number of benzene rings is 1. The molecule has 0 aliphatic carbocycles. The van der Waals surface area contributed by atoms with Gasteiger partial charge in [-0.05, 0) is 42.8 Å². The van der Waals surface area contributed by atoms with E-state index in [9.17, 15) is 4.79 Å². The van der Waals surface area contributed by atoms with Crippen molar-refractivity contribution in [3.8, 4) is 5.75 Å². The second-order valence-corrected chi connectivity index (χ2v) is 6.89. The molecule has 27 heavy (non-hydrogen) atoms. The first-order valence-corrected chi connectivity index (χ1v) is 9.34. The molecule has 2 unspecified atom stereocenters. The van der Waals surface area contributed by atoms with Crippen molar-refractivity contribution in [2.24, 2.45) is 0 Å². The van der Waals surface area contributed by atoms with Crippen molar-refractivity contribution in [2.75, 3.05) is 38.2 Å². The normalized spacial score (nSPS) is 22.7. The third-order valence-electron chi connectivity index (χ3n) is 5.28. The van der Waals surface area contributed by atoms with Gasteiger partial charge in [0.1, 0.15) is 11.8 Å². The second-order valence-electron chi connectivity index (χ2n) is 6.89. The van der Waals surface area contributed by atoms with E-state index in [0.717, 1.165) is 37.6 Å². The Bertz CT molecular complexity index is 760. The van der Waals surface area contributed by atoms with E-state index in [1.165, 1.54) is 5.69 Å². The number of anilines is 1. The van der Waals surface area contributed by atoms with E-state index < -0.39 is 0 Å². The van der Waals surface area contributed by atoms with Gasteiger partial charge in [-0.15, -0.1) is 0 Å². The number of carbonyl (C=O) groups is 1. The number of nitrogens with zero attached hydrogens (tertiary/aromatic N) is 3. The van der Waals surface area contributed by atoms with Crippen LogP contribution < -0.4 is 20.5 Å². The van der Waals surface area contributed by atoms with Gasteiger partial charge in [-0.2, -0.15) is 0 Å². The van der Waals surface area contributed by atoms with Gasteiger partial charge >= 0.3 is 0 Å². The number of aromatic nitrogens is 1. The first kappa shape index (κ1) is 17.8. The molecule has 142 valence electrons. The van der Waals surface area contributed by atoms with Crippen LogP contribution in [0.3, 0.4) is 0 Å². The van der Waals surface area contributed by atoms with Gasteiger partial charge in [0.15, 0.2) is 0 Å². The molecule has 2 aromatic rings. The standard InChI is InChI=1S/C20H25N5O2/c1-27-16-7-5-15(6-8-16)24-10-12-25(13-11-24)20(26)19-14-18(22-23-19)17-4-2-3-9-21-17/h2-9,18-19,22-23H,10-14H2,1H3. The summed E-state index contributed by atoms with van der Waals surface area (Å²) in [4.78, 5) is 21.5. The molecule has 2 aliphatic rings. The molecule has 0 saturated carbocycles. The molecule has 4 rings (SSSR count). The number of carbonyl (C=O) groups excluding carboxylic acids is 1. The summed E-state index contributed by atoms with van der Waals surface area (Å²) in [5.74, 6) is 1.02. The number of hydrazine groups is 1. The highest BCUT2D eigenvalue weighted by Gasteiger charge is 2.34. The molecule has 1 aromatic heterocycles. The fourth-order valence-corrected chi connectivity index (χ4v) is 3.69. The third kappa shape index (κ3) is 3.89. The Hall–Kier alpha value is -2.64. The lowest BCUT2D eigenvalue weighted by Gasteiger charge is -2.37. The van der Waals surface area contributed by atoms with Crippen LogP contribution in [0.2, 0.25) is 0 Å². The molecule has 2 atom stereocenters. The van der Waals surface area contributed by atoms with Gasteiger partial charge < -0.3 is 14.5 Å². The maximum absolute atomic E-state index is 12.9. The number of hydrogen-bond acceptors (Lipinski definition) is 6. The van der Waals surface area contributed by atoms with E-state index in [1.54, 1.807) is 13.3 Å². The van der Waals surface area contributed by atoms with Gasteiger partial charge in [0.2, 0.25) is 5.91 Å². The monoisotopic (exact) mass is 367 g/mol. The lowest BCUT2D eigenvalue weighted by Crippen LogP contribution is -2.53. The van der Waals surface area contributed by atoms with Crippen LogP contribution in [0.15, 0.2) is 48.7 Å². The molecular weight excluding hydrogens is 342 g/mol. The van der Waals surface area contributed by atoms with Crippen molar-refractivity contribution in [1.82, 2.24) is 20.7 Å². The molecule has 2 saturated heterocycles. The Labute approximate surface area is 159 Å². The molecule has 0 bridgehead atoms. The molecule has 7 heteroatoms. The lowest BCUT2D eigenvalue weighted by atomic mass is 10.1. The van der Waals surface area contributed by atoms with E-state index in [0.29, 0.717) is 6.42 Å². The molecule has 7 nitrogen and oxygen atoms in total. The van der Waals surface area contributed by atoms with Gasteiger partial charge in [0.05, 0.1) is 18.8 Å². The lowest BCUT2D eigenvalue weighted by molar-refractivity contribution is -0.133. The summed E-state index contributed by atoms with van der Waals surface area (Å²) >= 11 is 0. The fraction of sp³-hybridized carbons (Fsp3) is 0.400. The number of piperazine rings is 1. The summed E-state index contributed by atoms with van der Waals surface area (Å²) in [6.07, 6.45) is 2.50. The van der Waals surface area contributed by atoms with Crippen molar-refractivity contribution in [1.29, 1.82) is 0 Å². The number of ether oxygens (including phenoxy) is 1. The first-order chi connectivity index (χ1) is 13.2. The smallest absolute Gasteiger partial charge is 0.241 e. The number of nitrogens with one attached hydrogen (secondary N) is 2. The zero-order valence-corrected chi connectivity index (χ0v) is 15.5. The number of methoxy groups -OCH3 is 1. The van der Waals surface area contributed by atoms with Gasteiger partial charge in [-0.1, -0.05) is 6.07 Å². The number of amides is 1. The minimum Gasteiger partial charge on any atom is -0.497 e. The molecule has 2 aliphatic heterocycles. The Morgan fingerprint density at radius 2 is 1.85 bits per heavy atom. The summed E-state index contributed by atoms with van der Waals surface area (Å²) < 4.78 is 5.21. The average Bonchev–Trinajstić information content (AvgIpc) is 3.24. The predicted molar refractivity (Wildman–Crippen MR) is 103 cm³/mol. The van der Waals surface area contributed by atoms with Gasteiger partial charge in [-0.3, -0.25) is 9.78 Å². The summed E-state index contributed by atoms with van der Waals surface area (Å²) in [5.41, 5.74) is 8.48. The van der Waals surface area contributed by atoms with Gasteiger partial charge in [-0.25, -0.2) is 10.9 Å². The Morgan fingerprint density at radius 1 is 1.07 bits per heavy atom. The zero-order valence-electron chi connectivity index (χ0n) is 15.5. The summed E-state index contributed by atoms with van der Waals surface area (Å²) in [6.45, 7) is 3.14. The van der Waals surface area contributed by atoms with Crippen LogP contribution in [-0.4, -0.2) is 55.1 Å². The van der Waals surface area contributed by atoms with Crippen molar-refractivity contribution in [2.45, 2.75) is 18.5 Å². The average molecular weight is 367 g/mol. The molecular formula is C20H25N5O2. The molecule has 2 fully saturated rings. The highest BCUT2D eigenvalue weighted by molar-refractivity contribution is 5.82. The van der Waals surface area contributed by atoms with Crippen LogP contribution in [-0.2, 0) is 4.79 Å². The molecule has 1 amide bonds. The minimum atomic E-state index is -0.204. The van der Waals surface area contributed by atoms with Gasteiger partial charge in [0.25, 0.3) is 0 Å². The summed E-state index contributed by atoms with van der Waals surface area (Å²) in [7, 11) is 1.67. The Kier molecular flexibility index (Phi) is 5.22. The molecule has 3 heterocycles. The summed E-state index contributed by atoms with van der Waals surface area (Å²) in [5, 5.41) is 0. The van der Waals surface area contributed by atoms with Crippen molar-refractivity contribution >= 4 is 11.6 Å². The first-order valence-electron chi connectivity index (χ1n) is 9.34. The van der Waals surface area contributed by atoms with E-state index in [1.807, 2.05) is 35.2 Å². The SMILES string of the molecule is COc1ccc(N2CCN(C(=O)C3CC(c4ccccn4)NN3)CC2)cc1.